The molecular formula is C65H64N4O13S2. The van der Waals surface area contributed by atoms with E-state index in [1.807, 2.05) is 150 Å². The van der Waals surface area contributed by atoms with Crippen LogP contribution in [0.1, 0.15) is 65.9 Å². The van der Waals surface area contributed by atoms with Crippen molar-refractivity contribution < 1.29 is 63.0 Å². The highest BCUT2D eigenvalue weighted by Gasteiger charge is 2.52. The molecule has 3 aliphatic rings. The van der Waals surface area contributed by atoms with Gasteiger partial charge in [-0.05, 0) is 70.8 Å². The number of nitrogens with zero attached hydrogens (tertiary/aromatic N) is 2. The summed E-state index contributed by atoms with van der Waals surface area (Å²) in [6.07, 6.45) is -0.711. The molecule has 434 valence electrons. The third-order valence-electron chi connectivity index (χ3n) is 14.1. The van der Waals surface area contributed by atoms with E-state index >= 15 is 0 Å². The molecule has 5 N–H and O–H groups in total. The Kier molecular flexibility index (Phi) is 19.9. The third kappa shape index (κ3) is 14.8. The van der Waals surface area contributed by atoms with Crippen molar-refractivity contribution in [1.29, 1.82) is 0 Å². The first-order valence-electron chi connectivity index (χ1n) is 27.2. The number of rotatable bonds is 23. The summed E-state index contributed by atoms with van der Waals surface area (Å²) in [5, 5.41) is 32.7. The Hall–Kier alpha value is -8.46. The second kappa shape index (κ2) is 27.7. The maximum Gasteiger partial charge on any atom is 0.341 e. The van der Waals surface area contributed by atoms with Crippen LogP contribution in [0.4, 0.5) is 11.4 Å². The number of para-hydroxylation sites is 2. The molecule has 0 radical (unpaired) electrons. The molecule has 0 saturated carbocycles. The number of nitrogens with one attached hydrogen (secondary N) is 2. The van der Waals surface area contributed by atoms with E-state index in [0.29, 0.717) is 41.8 Å². The molecule has 3 aliphatic heterocycles. The first-order chi connectivity index (χ1) is 40.6. The Bertz CT molecular complexity index is 3340. The van der Waals surface area contributed by atoms with Gasteiger partial charge in [0.1, 0.15) is 34.6 Å². The van der Waals surface area contributed by atoms with E-state index in [4.69, 9.17) is 29.2 Å². The fourth-order valence-electron chi connectivity index (χ4n) is 9.78. The fourth-order valence-corrected chi connectivity index (χ4v) is 12.5. The summed E-state index contributed by atoms with van der Waals surface area (Å²) in [5.41, 5.74) is 5.54. The van der Waals surface area contributed by atoms with Gasteiger partial charge in [-0.15, -0.1) is 23.5 Å². The molecule has 3 heterocycles. The lowest BCUT2D eigenvalue weighted by atomic mass is 9.92. The summed E-state index contributed by atoms with van der Waals surface area (Å²) in [5.74, 6) is -2.73. The molecule has 19 heteroatoms. The zero-order valence-corrected chi connectivity index (χ0v) is 47.7. The number of benzene rings is 7. The van der Waals surface area contributed by atoms with Gasteiger partial charge in [0.2, 0.25) is 23.5 Å². The van der Waals surface area contributed by atoms with E-state index in [0.717, 1.165) is 33.6 Å². The van der Waals surface area contributed by atoms with Gasteiger partial charge in [-0.1, -0.05) is 166 Å². The highest BCUT2D eigenvalue weighted by molar-refractivity contribution is 8.01. The highest BCUT2D eigenvalue weighted by Crippen LogP contribution is 2.49. The van der Waals surface area contributed by atoms with Gasteiger partial charge in [-0.2, -0.15) is 0 Å². The van der Waals surface area contributed by atoms with Gasteiger partial charge in [0.15, 0.2) is 13.2 Å². The summed E-state index contributed by atoms with van der Waals surface area (Å²) in [6.45, 7) is 3.96. The number of anilines is 2. The molecule has 84 heavy (non-hydrogen) atoms. The number of amides is 4. The zero-order valence-electron chi connectivity index (χ0n) is 46.1. The average Bonchev–Trinajstić information content (AvgIpc) is 1.04. The van der Waals surface area contributed by atoms with Crippen LogP contribution in [0.5, 0.6) is 11.5 Å². The van der Waals surface area contributed by atoms with E-state index in [9.17, 15) is 33.9 Å². The number of carboxylic acids is 2. The molecule has 3 fully saturated rings. The molecule has 3 saturated heterocycles. The van der Waals surface area contributed by atoms with Crippen molar-refractivity contribution in [3.8, 4) is 11.5 Å². The molecule has 0 aliphatic carbocycles. The van der Waals surface area contributed by atoms with Crippen LogP contribution in [-0.4, -0.2) is 106 Å². The first kappa shape index (κ1) is 60.1. The van der Waals surface area contributed by atoms with Crippen LogP contribution in [0.2, 0.25) is 0 Å². The predicted octanol–water partition coefficient (Wildman–Crippen LogP) is 9.31. The highest BCUT2D eigenvalue weighted by atomic mass is 32.2. The minimum Gasteiger partial charge on any atom is -0.484 e. The third-order valence-corrected chi connectivity index (χ3v) is 16.8. The molecular weight excluding hydrogens is 1110 g/mol. The van der Waals surface area contributed by atoms with Crippen LogP contribution in [0.25, 0.3) is 0 Å². The number of carbonyl (C=O) groups excluding carboxylic acids is 4. The lowest BCUT2D eigenvalue weighted by Gasteiger charge is -2.49. The van der Waals surface area contributed by atoms with E-state index in [1.54, 1.807) is 71.3 Å². The quantitative estimate of drug-likeness (QED) is 0.0376. The monoisotopic (exact) mass is 1170 g/mol. The Balaban J connectivity index is 0.000000205. The normalized spacial score (nSPS) is 19.2. The summed E-state index contributed by atoms with van der Waals surface area (Å²) in [4.78, 5) is 77.7. The van der Waals surface area contributed by atoms with Crippen LogP contribution < -0.4 is 29.9 Å². The van der Waals surface area contributed by atoms with Gasteiger partial charge >= 0.3 is 11.9 Å². The number of thioether (sulfide) groups is 2. The van der Waals surface area contributed by atoms with Gasteiger partial charge < -0.3 is 54.7 Å². The maximum absolute atomic E-state index is 13.5. The minimum absolute atomic E-state index is 0.0248. The summed E-state index contributed by atoms with van der Waals surface area (Å²) in [6, 6.07) is 59.5. The van der Waals surface area contributed by atoms with Gasteiger partial charge in [-0.25, -0.2) is 4.79 Å². The standard InChI is InChI=1S/C35H33N3O7S.C30H31NO6S/c39-28(23-10-4-1-5-11-23)22-46-33-32(38(35(33)44)26-14-8-3-9-15-26)25-16-18-27(19-17-25)45-21-29(40)37-31(24-12-6-2-7-13-24)34(43)36-20-30(41)42;1-29(2)18-36-30(37-19-29,22-9-5-3-6-10-22)20-38-27-26(31(28(27)34)23-11-7-4-8-12-23)21-13-15-24(16-14-21)35-17-25(32)33/h1-19,28,31-33,39H,20-22H2,(H,36,43)(H,37,40)(H,41,42);3-16,26-27H,17-20H2,1-2H3,(H,32,33)/t28?,31-,32-,33-;26-,27-/m11/s1. The predicted molar refractivity (Wildman–Crippen MR) is 321 cm³/mol. The number of aliphatic hydroxyl groups is 1. The van der Waals surface area contributed by atoms with Crippen LogP contribution in [-0.2, 0) is 44.0 Å². The molecule has 4 amide bonds. The molecule has 10 rings (SSSR count). The first-order valence-corrected chi connectivity index (χ1v) is 29.3. The second-order valence-corrected chi connectivity index (χ2v) is 23.2. The molecule has 0 aromatic heterocycles. The number of aliphatic hydroxyl groups excluding tert-OH is 1. The zero-order chi connectivity index (χ0) is 59.2. The topological polar surface area (TPSA) is 231 Å². The van der Waals surface area contributed by atoms with Crippen LogP contribution in [0.15, 0.2) is 200 Å². The summed E-state index contributed by atoms with van der Waals surface area (Å²) >= 11 is 2.96. The lowest BCUT2D eigenvalue weighted by molar-refractivity contribution is -0.295. The fraction of sp³-hybridized carbons (Fsp3) is 0.262. The largest absolute Gasteiger partial charge is 0.484 e. The lowest BCUT2D eigenvalue weighted by Crippen LogP contribution is -2.58. The molecule has 0 bridgehead atoms. The van der Waals surface area contributed by atoms with Crippen LogP contribution in [0, 0.1) is 5.41 Å². The smallest absolute Gasteiger partial charge is 0.341 e. The molecule has 17 nitrogen and oxygen atoms in total. The van der Waals surface area contributed by atoms with Gasteiger partial charge in [0, 0.05) is 28.1 Å². The van der Waals surface area contributed by atoms with E-state index < -0.39 is 60.1 Å². The van der Waals surface area contributed by atoms with Gasteiger partial charge in [0.05, 0.1) is 37.2 Å². The second-order valence-electron chi connectivity index (χ2n) is 20.9. The molecule has 1 unspecified atom stereocenters. The number of β-lactam (4-membered cyclic amide) rings is 2. The molecule has 6 atom stereocenters. The summed E-state index contributed by atoms with van der Waals surface area (Å²) < 4.78 is 23.8. The number of hydrogen-bond donors (Lipinski definition) is 5. The SMILES string of the molecule is CC1(C)COC(CS[C@H]2C(=O)N(c3ccccc3)[C@@H]2c2ccc(OCC(=O)O)cc2)(c2ccccc2)OC1.O=C(O)CNC(=O)[C@H](NC(=O)COc1ccc([C@@H]2[C@@H](SCC(O)c3ccccc3)C(=O)N2c2ccccc2)cc1)c1ccccc1. The molecule has 7 aromatic rings. The van der Waals surface area contributed by atoms with Crippen molar-refractivity contribution in [3.63, 3.8) is 0 Å². The van der Waals surface area contributed by atoms with Crippen LogP contribution >= 0.6 is 23.5 Å². The molecule has 0 spiro atoms. The Morgan fingerprint density at radius 1 is 0.583 bits per heavy atom. The number of hydrogen-bond acceptors (Lipinski definition) is 13. The van der Waals surface area contributed by atoms with E-state index in [1.165, 1.54) is 11.8 Å². The Morgan fingerprint density at radius 2 is 1.02 bits per heavy atom. The van der Waals surface area contributed by atoms with Gasteiger partial charge in [-0.3, -0.25) is 24.0 Å². The number of aliphatic carboxylic acids is 2. The van der Waals surface area contributed by atoms with Crippen molar-refractivity contribution in [2.45, 2.75) is 54.4 Å². The Morgan fingerprint density at radius 3 is 1.50 bits per heavy atom. The number of carbonyl (C=O) groups is 6. The summed E-state index contributed by atoms with van der Waals surface area (Å²) in [7, 11) is 0. The Labute approximate surface area is 495 Å². The van der Waals surface area contributed by atoms with Crippen molar-refractivity contribution in [3.05, 3.63) is 228 Å². The van der Waals surface area contributed by atoms with Crippen LogP contribution in [0.3, 0.4) is 0 Å². The van der Waals surface area contributed by atoms with Crippen molar-refractivity contribution >= 4 is 70.5 Å². The van der Waals surface area contributed by atoms with Crippen molar-refractivity contribution in [2.24, 2.45) is 5.41 Å². The maximum atomic E-state index is 13.5. The average molecular weight is 1170 g/mol. The van der Waals surface area contributed by atoms with E-state index in [2.05, 4.69) is 24.5 Å². The molecule has 7 aromatic carbocycles. The number of ether oxygens (including phenoxy) is 4. The van der Waals surface area contributed by atoms with Crippen molar-refractivity contribution in [1.82, 2.24) is 10.6 Å². The number of carboxylic acid groups (broad SMARTS) is 2. The van der Waals surface area contributed by atoms with Gasteiger partial charge in [0.25, 0.3) is 5.91 Å². The minimum atomic E-state index is -1.20. The van der Waals surface area contributed by atoms with Crippen molar-refractivity contribution in [2.75, 3.05) is 54.3 Å². The van der Waals surface area contributed by atoms with E-state index in [-0.39, 0.29) is 41.2 Å².